The molecular weight excluding hydrogens is 378 g/mol. The van der Waals surface area contributed by atoms with Gasteiger partial charge in [0, 0.05) is 24.0 Å². The summed E-state index contributed by atoms with van der Waals surface area (Å²) >= 11 is 0. The van der Waals surface area contributed by atoms with Crippen molar-refractivity contribution in [3.05, 3.63) is 65.9 Å². The summed E-state index contributed by atoms with van der Waals surface area (Å²) in [7, 11) is 1.39. The van der Waals surface area contributed by atoms with E-state index in [-0.39, 0.29) is 11.8 Å². The quantitative estimate of drug-likeness (QED) is 0.660. The average molecular weight is 403 g/mol. The van der Waals surface area contributed by atoms with E-state index in [0.717, 1.165) is 41.4 Å². The van der Waals surface area contributed by atoms with Crippen molar-refractivity contribution in [2.75, 3.05) is 20.2 Å². The minimum Gasteiger partial charge on any atom is -0.465 e. The number of esters is 1. The highest BCUT2D eigenvalue weighted by Gasteiger charge is 2.28. The zero-order valence-corrected chi connectivity index (χ0v) is 17.0. The molecule has 1 amide bonds. The molecule has 4 rings (SSSR count). The summed E-state index contributed by atoms with van der Waals surface area (Å²) in [6.07, 6.45) is 1.69. The molecule has 1 aliphatic heterocycles. The van der Waals surface area contributed by atoms with Gasteiger partial charge in [0.2, 0.25) is 5.91 Å². The van der Waals surface area contributed by atoms with E-state index in [1.165, 1.54) is 7.11 Å². The molecule has 1 saturated heterocycles. The van der Waals surface area contributed by atoms with E-state index in [2.05, 4.69) is 4.90 Å². The zero-order valence-electron chi connectivity index (χ0n) is 17.0. The van der Waals surface area contributed by atoms with Crippen LogP contribution in [0.25, 0.3) is 22.0 Å². The largest absolute Gasteiger partial charge is 0.465 e. The Morgan fingerprint density at radius 3 is 2.60 bits per heavy atom. The van der Waals surface area contributed by atoms with Gasteiger partial charge in [-0.1, -0.05) is 48.5 Å². The molecule has 6 nitrogen and oxygen atoms in total. The number of para-hydroxylation sites is 1. The molecule has 0 bridgehead atoms. The van der Waals surface area contributed by atoms with E-state index in [4.69, 9.17) is 15.5 Å². The van der Waals surface area contributed by atoms with E-state index < -0.39 is 5.97 Å². The smallest absolute Gasteiger partial charge is 0.340 e. The SMILES string of the molecule is COC(=O)c1c(CN2CCC[C@@H](C(N)=O)C2)nc2ccccc2c1-c1ccccc1. The molecule has 0 saturated carbocycles. The molecule has 0 radical (unpaired) electrons. The number of pyridine rings is 1. The van der Waals surface area contributed by atoms with E-state index >= 15 is 0 Å². The fraction of sp³-hybridized carbons (Fsp3) is 0.292. The predicted molar refractivity (Wildman–Crippen MR) is 116 cm³/mol. The Morgan fingerprint density at radius 1 is 1.13 bits per heavy atom. The van der Waals surface area contributed by atoms with Crippen molar-refractivity contribution >= 4 is 22.8 Å². The van der Waals surface area contributed by atoms with Crippen molar-refractivity contribution in [3.63, 3.8) is 0 Å². The van der Waals surface area contributed by atoms with E-state index in [1.54, 1.807) is 0 Å². The lowest BCUT2D eigenvalue weighted by atomic mass is 9.93. The fourth-order valence-electron chi connectivity index (χ4n) is 4.25. The van der Waals surface area contributed by atoms with Crippen molar-refractivity contribution in [2.24, 2.45) is 11.7 Å². The molecule has 1 aromatic heterocycles. The van der Waals surface area contributed by atoms with E-state index in [0.29, 0.717) is 24.3 Å². The molecule has 0 unspecified atom stereocenters. The lowest BCUT2D eigenvalue weighted by Crippen LogP contribution is -2.41. The van der Waals surface area contributed by atoms with Gasteiger partial charge in [0.05, 0.1) is 29.8 Å². The van der Waals surface area contributed by atoms with Crippen LogP contribution in [0.15, 0.2) is 54.6 Å². The van der Waals surface area contributed by atoms with Gasteiger partial charge in [-0.2, -0.15) is 0 Å². The highest BCUT2D eigenvalue weighted by molar-refractivity contribution is 6.07. The molecule has 154 valence electrons. The van der Waals surface area contributed by atoms with E-state index in [1.807, 2.05) is 54.6 Å². The highest BCUT2D eigenvalue weighted by atomic mass is 16.5. The van der Waals surface area contributed by atoms with Crippen LogP contribution in [-0.2, 0) is 16.1 Å². The molecule has 0 aliphatic carbocycles. The number of carbonyl (C=O) groups excluding carboxylic acids is 2. The first-order chi connectivity index (χ1) is 14.6. The summed E-state index contributed by atoms with van der Waals surface area (Å²) in [6, 6.07) is 17.6. The summed E-state index contributed by atoms with van der Waals surface area (Å²) in [5.74, 6) is -0.857. The number of carbonyl (C=O) groups is 2. The van der Waals surface area contributed by atoms with Crippen LogP contribution in [0, 0.1) is 5.92 Å². The molecule has 2 aromatic carbocycles. The predicted octanol–water partition coefficient (Wildman–Crippen LogP) is 3.39. The Morgan fingerprint density at radius 2 is 1.87 bits per heavy atom. The number of hydrogen-bond acceptors (Lipinski definition) is 5. The van der Waals surface area contributed by atoms with Crippen LogP contribution in [0.4, 0.5) is 0 Å². The van der Waals surface area contributed by atoms with Gasteiger partial charge < -0.3 is 10.5 Å². The molecular formula is C24H25N3O3. The van der Waals surface area contributed by atoms with Crippen LogP contribution < -0.4 is 5.73 Å². The third kappa shape index (κ3) is 3.91. The minimum absolute atomic E-state index is 0.172. The van der Waals surface area contributed by atoms with Crippen LogP contribution >= 0.6 is 0 Å². The van der Waals surface area contributed by atoms with Gasteiger partial charge in [0.1, 0.15) is 0 Å². The number of nitrogens with zero attached hydrogens (tertiary/aromatic N) is 2. The Hall–Kier alpha value is -3.25. The van der Waals surface area contributed by atoms with Gasteiger partial charge >= 0.3 is 5.97 Å². The Kier molecular flexibility index (Phi) is 5.77. The standard InChI is InChI=1S/C24H25N3O3/c1-30-24(29)22-20(15-27-13-7-10-17(14-27)23(25)28)26-19-12-6-5-11-18(19)21(22)16-8-3-2-4-9-16/h2-6,8-9,11-12,17H,7,10,13-15H2,1H3,(H2,25,28)/t17-/m1/s1. The highest BCUT2D eigenvalue weighted by Crippen LogP contribution is 2.34. The van der Waals surface area contributed by atoms with Crippen molar-refractivity contribution in [1.82, 2.24) is 9.88 Å². The number of ether oxygens (including phenoxy) is 1. The summed E-state index contributed by atoms with van der Waals surface area (Å²) in [5.41, 5.74) is 9.26. The monoisotopic (exact) mass is 403 g/mol. The van der Waals surface area contributed by atoms with Crippen molar-refractivity contribution in [2.45, 2.75) is 19.4 Å². The Balaban J connectivity index is 1.87. The van der Waals surface area contributed by atoms with Gasteiger partial charge in [-0.05, 0) is 31.0 Å². The first-order valence-corrected chi connectivity index (χ1v) is 10.2. The average Bonchev–Trinajstić information content (AvgIpc) is 2.78. The number of primary amides is 1. The molecule has 30 heavy (non-hydrogen) atoms. The number of rotatable bonds is 5. The number of aromatic nitrogens is 1. The van der Waals surface area contributed by atoms with Crippen LogP contribution in [0.5, 0.6) is 0 Å². The lowest BCUT2D eigenvalue weighted by molar-refractivity contribution is -0.123. The number of benzene rings is 2. The maximum absolute atomic E-state index is 12.9. The molecule has 1 atom stereocenters. The summed E-state index contributed by atoms with van der Waals surface area (Å²) in [6.45, 7) is 1.86. The summed E-state index contributed by atoms with van der Waals surface area (Å²) in [4.78, 5) is 31.6. The zero-order chi connectivity index (χ0) is 21.1. The van der Waals surface area contributed by atoms with Gasteiger partial charge in [0.25, 0.3) is 0 Å². The van der Waals surface area contributed by atoms with Crippen LogP contribution in [0.1, 0.15) is 28.9 Å². The Labute approximate surface area is 175 Å². The second-order valence-electron chi connectivity index (χ2n) is 7.66. The molecule has 3 aromatic rings. The molecule has 0 spiro atoms. The van der Waals surface area contributed by atoms with Crippen molar-refractivity contribution < 1.29 is 14.3 Å². The number of hydrogen-bond donors (Lipinski definition) is 1. The molecule has 1 aliphatic rings. The lowest BCUT2D eigenvalue weighted by Gasteiger charge is -2.31. The number of nitrogens with two attached hydrogens (primary N) is 1. The van der Waals surface area contributed by atoms with Gasteiger partial charge in [0.15, 0.2) is 0 Å². The fourth-order valence-corrected chi connectivity index (χ4v) is 4.25. The maximum Gasteiger partial charge on any atom is 0.340 e. The number of likely N-dealkylation sites (tertiary alicyclic amines) is 1. The van der Waals surface area contributed by atoms with Gasteiger partial charge in [-0.15, -0.1) is 0 Å². The van der Waals surface area contributed by atoms with Gasteiger partial charge in [-0.25, -0.2) is 4.79 Å². The van der Waals surface area contributed by atoms with Crippen LogP contribution in [0.3, 0.4) is 0 Å². The molecule has 2 N–H and O–H groups in total. The third-order valence-corrected chi connectivity index (χ3v) is 5.70. The topological polar surface area (TPSA) is 85.5 Å². The van der Waals surface area contributed by atoms with E-state index in [9.17, 15) is 9.59 Å². The van der Waals surface area contributed by atoms with Crippen LogP contribution in [-0.4, -0.2) is 42.0 Å². The Bertz CT molecular complexity index is 1080. The number of amides is 1. The molecule has 6 heteroatoms. The number of fused-ring (bicyclic) bond motifs is 1. The first-order valence-electron chi connectivity index (χ1n) is 10.2. The number of methoxy groups -OCH3 is 1. The summed E-state index contributed by atoms with van der Waals surface area (Å²) < 4.78 is 5.16. The maximum atomic E-state index is 12.9. The number of piperidine rings is 1. The van der Waals surface area contributed by atoms with Gasteiger partial charge in [-0.3, -0.25) is 14.7 Å². The van der Waals surface area contributed by atoms with Crippen molar-refractivity contribution in [1.29, 1.82) is 0 Å². The third-order valence-electron chi connectivity index (χ3n) is 5.70. The molecule has 1 fully saturated rings. The normalized spacial score (nSPS) is 17.0. The first kappa shape index (κ1) is 20.0. The minimum atomic E-state index is -0.412. The molecule has 2 heterocycles. The van der Waals surface area contributed by atoms with Crippen molar-refractivity contribution in [3.8, 4) is 11.1 Å². The van der Waals surface area contributed by atoms with Crippen LogP contribution in [0.2, 0.25) is 0 Å². The second kappa shape index (κ2) is 8.63. The second-order valence-corrected chi connectivity index (χ2v) is 7.66. The summed E-state index contributed by atoms with van der Waals surface area (Å²) in [5, 5.41) is 0.904.